The maximum absolute atomic E-state index is 13.4. The van der Waals surface area contributed by atoms with Crippen molar-refractivity contribution in [2.24, 2.45) is 0 Å². The van der Waals surface area contributed by atoms with Gasteiger partial charge >= 0.3 is 0 Å². The number of anilines is 1. The van der Waals surface area contributed by atoms with Crippen LogP contribution in [0.4, 0.5) is 10.1 Å². The molecule has 0 saturated carbocycles. The lowest BCUT2D eigenvalue weighted by atomic mass is 10.2. The average molecular weight is 406 g/mol. The molecule has 148 valence electrons. The van der Waals surface area contributed by atoms with E-state index >= 15 is 0 Å². The van der Waals surface area contributed by atoms with E-state index in [0.717, 1.165) is 0 Å². The number of amides is 1. The van der Waals surface area contributed by atoms with Gasteiger partial charge in [-0.25, -0.2) is 12.8 Å². The number of furan rings is 1. The zero-order valence-corrected chi connectivity index (χ0v) is 16.5. The van der Waals surface area contributed by atoms with E-state index in [2.05, 4.69) is 14.9 Å². The first-order valence-corrected chi connectivity index (χ1v) is 9.73. The Morgan fingerprint density at radius 2 is 1.96 bits per heavy atom. The van der Waals surface area contributed by atoms with E-state index in [4.69, 9.17) is 4.42 Å². The van der Waals surface area contributed by atoms with Gasteiger partial charge in [-0.15, -0.1) is 0 Å². The summed E-state index contributed by atoms with van der Waals surface area (Å²) in [5.74, 6) is -0.431. The minimum atomic E-state index is -3.99. The first-order chi connectivity index (χ1) is 13.1. The summed E-state index contributed by atoms with van der Waals surface area (Å²) >= 11 is 0. The highest BCUT2D eigenvalue weighted by Gasteiger charge is 2.26. The van der Waals surface area contributed by atoms with Gasteiger partial charge < -0.3 is 9.32 Å². The fourth-order valence-electron chi connectivity index (χ4n) is 2.65. The summed E-state index contributed by atoms with van der Waals surface area (Å²) in [7, 11) is -0.801. The third kappa shape index (κ3) is 3.63. The number of rotatable bonds is 5. The van der Waals surface area contributed by atoms with E-state index in [-0.39, 0.29) is 39.3 Å². The molecule has 0 unspecified atom stereocenters. The molecule has 0 atom stereocenters. The Balaban J connectivity index is 1.97. The molecular weight excluding hydrogens is 387 g/mol. The Morgan fingerprint density at radius 3 is 2.61 bits per heavy atom. The number of sulfonamides is 1. The van der Waals surface area contributed by atoms with Crippen LogP contribution in [0.1, 0.15) is 21.7 Å². The maximum atomic E-state index is 13.4. The second kappa shape index (κ2) is 7.12. The summed E-state index contributed by atoms with van der Waals surface area (Å²) in [6.45, 7) is 3.04. The molecule has 0 saturated heterocycles. The zero-order valence-electron chi connectivity index (χ0n) is 15.7. The molecule has 1 aromatic carbocycles. The Kier molecular flexibility index (Phi) is 4.99. The van der Waals surface area contributed by atoms with Gasteiger partial charge in [0.05, 0.1) is 11.8 Å². The highest BCUT2D eigenvalue weighted by Crippen LogP contribution is 2.30. The fourth-order valence-corrected chi connectivity index (χ4v) is 3.88. The number of aryl methyl sites for hydroxylation is 2. The Morgan fingerprint density at radius 1 is 1.25 bits per heavy atom. The van der Waals surface area contributed by atoms with Crippen LogP contribution in [0.5, 0.6) is 0 Å². The Hall–Kier alpha value is -3.14. The zero-order chi connectivity index (χ0) is 20.6. The third-order valence-electron chi connectivity index (χ3n) is 4.09. The number of nitrogens with zero attached hydrogens (tertiary/aromatic N) is 2. The monoisotopic (exact) mass is 406 g/mol. The molecule has 2 N–H and O–H groups in total. The quantitative estimate of drug-likeness (QED) is 0.677. The van der Waals surface area contributed by atoms with Gasteiger partial charge in [0.2, 0.25) is 0 Å². The first-order valence-electron chi connectivity index (χ1n) is 8.25. The van der Waals surface area contributed by atoms with Crippen LogP contribution in [0.15, 0.2) is 39.8 Å². The lowest BCUT2D eigenvalue weighted by molar-refractivity contribution is 0.0828. The maximum Gasteiger partial charge on any atom is 0.265 e. The van der Waals surface area contributed by atoms with Gasteiger partial charge in [0, 0.05) is 25.8 Å². The van der Waals surface area contributed by atoms with Crippen molar-refractivity contribution >= 4 is 21.6 Å². The molecule has 0 fully saturated rings. The van der Waals surface area contributed by atoms with Crippen molar-refractivity contribution in [3.05, 3.63) is 53.2 Å². The number of nitrogens with one attached hydrogen (secondary N) is 2. The number of aromatic nitrogens is 2. The van der Waals surface area contributed by atoms with Crippen LogP contribution in [-0.2, 0) is 10.0 Å². The van der Waals surface area contributed by atoms with E-state index in [1.165, 1.54) is 49.2 Å². The largest absolute Gasteiger partial charge is 0.458 e. The number of aromatic amines is 1. The number of carbonyl (C=O) groups excluding carboxylic acids is 1. The van der Waals surface area contributed by atoms with Crippen molar-refractivity contribution in [3.8, 4) is 11.5 Å². The van der Waals surface area contributed by atoms with E-state index < -0.39 is 15.8 Å². The van der Waals surface area contributed by atoms with Crippen molar-refractivity contribution in [2.75, 3.05) is 18.8 Å². The van der Waals surface area contributed by atoms with Crippen molar-refractivity contribution in [2.45, 2.75) is 18.7 Å². The van der Waals surface area contributed by atoms with E-state index in [9.17, 15) is 17.6 Å². The summed E-state index contributed by atoms with van der Waals surface area (Å²) in [6.07, 6.45) is 1.35. The molecule has 2 aromatic heterocycles. The van der Waals surface area contributed by atoms with Gasteiger partial charge in [-0.3, -0.25) is 14.6 Å². The molecule has 0 aliphatic heterocycles. The standard InChI is InChI=1S/C18H19FN4O4S/c1-10-7-12(5-6-14(10)19)22-28(25,26)16-8-15(27-11(16)2)17-13(9-20-21-17)18(24)23(3)4/h5-9,22H,1-4H3,(H,20,21). The van der Waals surface area contributed by atoms with Crippen LogP contribution in [0, 0.1) is 19.7 Å². The molecule has 3 rings (SSSR count). The van der Waals surface area contributed by atoms with Gasteiger partial charge in [-0.05, 0) is 37.6 Å². The number of hydrogen-bond donors (Lipinski definition) is 2. The SMILES string of the molecule is Cc1cc(NS(=O)(=O)c2cc(-c3[nH]ncc3C(=O)N(C)C)oc2C)ccc1F. The van der Waals surface area contributed by atoms with E-state index in [0.29, 0.717) is 5.56 Å². The summed E-state index contributed by atoms with van der Waals surface area (Å²) < 4.78 is 46.9. The van der Waals surface area contributed by atoms with Crippen LogP contribution >= 0.6 is 0 Å². The predicted molar refractivity (Wildman–Crippen MR) is 101 cm³/mol. The molecule has 2 heterocycles. The summed E-state index contributed by atoms with van der Waals surface area (Å²) in [6, 6.07) is 5.23. The van der Waals surface area contributed by atoms with Crippen molar-refractivity contribution in [1.29, 1.82) is 0 Å². The lowest BCUT2D eigenvalue weighted by Gasteiger charge is -2.09. The number of benzene rings is 1. The molecule has 28 heavy (non-hydrogen) atoms. The van der Waals surface area contributed by atoms with Gasteiger partial charge in [0.15, 0.2) is 5.76 Å². The number of carbonyl (C=O) groups is 1. The highest BCUT2D eigenvalue weighted by atomic mass is 32.2. The average Bonchev–Trinajstić information content (AvgIpc) is 3.23. The van der Waals surface area contributed by atoms with Crippen LogP contribution in [0.25, 0.3) is 11.5 Å². The molecule has 8 nitrogen and oxygen atoms in total. The molecule has 0 aliphatic rings. The smallest absolute Gasteiger partial charge is 0.265 e. The van der Waals surface area contributed by atoms with Crippen molar-refractivity contribution in [3.63, 3.8) is 0 Å². The Bertz CT molecular complexity index is 1150. The first kappa shape index (κ1) is 19.6. The normalized spacial score (nSPS) is 11.5. The molecule has 0 radical (unpaired) electrons. The van der Waals surface area contributed by atoms with Crippen molar-refractivity contribution < 1.29 is 22.0 Å². The van der Waals surface area contributed by atoms with Crippen LogP contribution < -0.4 is 4.72 Å². The second-order valence-electron chi connectivity index (χ2n) is 6.46. The summed E-state index contributed by atoms with van der Waals surface area (Å²) in [4.78, 5) is 13.5. The molecule has 0 bridgehead atoms. The van der Waals surface area contributed by atoms with Crippen LogP contribution in [0.2, 0.25) is 0 Å². The summed E-state index contributed by atoms with van der Waals surface area (Å²) in [5.41, 5.74) is 1.07. The highest BCUT2D eigenvalue weighted by molar-refractivity contribution is 7.92. The topological polar surface area (TPSA) is 108 Å². The molecule has 1 amide bonds. The molecular formula is C18H19FN4O4S. The van der Waals surface area contributed by atoms with Gasteiger partial charge in [-0.2, -0.15) is 5.10 Å². The minimum Gasteiger partial charge on any atom is -0.458 e. The fraction of sp³-hybridized carbons (Fsp3) is 0.222. The lowest BCUT2D eigenvalue weighted by Crippen LogP contribution is -2.21. The second-order valence-corrected chi connectivity index (χ2v) is 8.11. The van der Waals surface area contributed by atoms with E-state index in [1.807, 2.05) is 0 Å². The van der Waals surface area contributed by atoms with Gasteiger partial charge in [0.1, 0.15) is 22.2 Å². The van der Waals surface area contributed by atoms with Gasteiger partial charge in [-0.1, -0.05) is 0 Å². The van der Waals surface area contributed by atoms with Crippen molar-refractivity contribution in [1.82, 2.24) is 15.1 Å². The molecule has 3 aromatic rings. The van der Waals surface area contributed by atoms with Gasteiger partial charge in [0.25, 0.3) is 15.9 Å². The van der Waals surface area contributed by atoms with E-state index in [1.54, 1.807) is 14.1 Å². The predicted octanol–water partition coefficient (Wildman–Crippen LogP) is 2.93. The Labute approximate surface area is 161 Å². The number of hydrogen-bond acceptors (Lipinski definition) is 5. The van der Waals surface area contributed by atoms with Crippen LogP contribution in [0.3, 0.4) is 0 Å². The molecule has 10 heteroatoms. The molecule has 0 aliphatic carbocycles. The van der Waals surface area contributed by atoms with Crippen LogP contribution in [-0.4, -0.2) is 43.5 Å². The number of H-pyrrole nitrogens is 1. The number of halogens is 1. The summed E-state index contributed by atoms with van der Waals surface area (Å²) in [5, 5.41) is 6.52. The minimum absolute atomic E-state index is 0.0951. The third-order valence-corrected chi connectivity index (χ3v) is 5.58. The molecule has 0 spiro atoms.